The summed E-state index contributed by atoms with van der Waals surface area (Å²) in [6.07, 6.45) is 0. The SMILES string of the molecule is O=C(Nc1nc(-c2ccc(F)cc2)cs1)c1ccccc1NS(=O)(=O)c1ccc(F)cc1. The summed E-state index contributed by atoms with van der Waals surface area (Å²) in [6.45, 7) is 0. The van der Waals surface area contributed by atoms with Crippen LogP contribution >= 0.6 is 11.3 Å². The van der Waals surface area contributed by atoms with Crippen molar-refractivity contribution in [2.24, 2.45) is 0 Å². The molecule has 0 aliphatic heterocycles. The number of carbonyl (C=O) groups is 1. The van der Waals surface area contributed by atoms with Crippen LogP contribution in [0, 0.1) is 11.6 Å². The molecule has 0 unspecified atom stereocenters. The molecule has 0 bridgehead atoms. The molecule has 0 aliphatic rings. The van der Waals surface area contributed by atoms with Gasteiger partial charge in [-0.3, -0.25) is 14.8 Å². The van der Waals surface area contributed by atoms with Gasteiger partial charge in [0, 0.05) is 10.9 Å². The van der Waals surface area contributed by atoms with Crippen LogP contribution in [0.1, 0.15) is 10.4 Å². The monoisotopic (exact) mass is 471 g/mol. The molecular formula is C22H15F2N3O3S2. The molecule has 32 heavy (non-hydrogen) atoms. The zero-order valence-electron chi connectivity index (χ0n) is 16.2. The number of anilines is 2. The first-order chi connectivity index (χ1) is 15.3. The zero-order chi connectivity index (χ0) is 22.7. The van der Waals surface area contributed by atoms with E-state index in [1.807, 2.05) is 0 Å². The van der Waals surface area contributed by atoms with E-state index in [-0.39, 0.29) is 22.0 Å². The number of hydrogen-bond acceptors (Lipinski definition) is 5. The fraction of sp³-hybridized carbons (Fsp3) is 0. The number of sulfonamides is 1. The van der Waals surface area contributed by atoms with Crippen molar-refractivity contribution in [1.29, 1.82) is 0 Å². The van der Waals surface area contributed by atoms with Gasteiger partial charge in [0.15, 0.2) is 5.13 Å². The molecule has 4 aromatic rings. The number of carbonyl (C=O) groups excluding carboxylic acids is 1. The second kappa shape index (κ2) is 8.85. The van der Waals surface area contributed by atoms with Gasteiger partial charge in [-0.15, -0.1) is 11.3 Å². The van der Waals surface area contributed by atoms with Gasteiger partial charge in [-0.05, 0) is 60.7 Å². The molecule has 0 fully saturated rings. The highest BCUT2D eigenvalue weighted by Crippen LogP contribution is 2.27. The Hall–Kier alpha value is -3.63. The van der Waals surface area contributed by atoms with Gasteiger partial charge >= 0.3 is 0 Å². The summed E-state index contributed by atoms with van der Waals surface area (Å²) in [5.74, 6) is -1.49. The molecule has 2 N–H and O–H groups in total. The third-order valence-electron chi connectivity index (χ3n) is 4.40. The first kappa shape index (κ1) is 21.6. The number of nitrogens with one attached hydrogen (secondary N) is 2. The smallest absolute Gasteiger partial charge is 0.261 e. The Balaban J connectivity index is 1.54. The first-order valence-electron chi connectivity index (χ1n) is 9.22. The minimum Gasteiger partial charge on any atom is -0.298 e. The molecular weight excluding hydrogens is 456 g/mol. The molecule has 6 nitrogen and oxygen atoms in total. The molecule has 4 rings (SSSR count). The van der Waals surface area contributed by atoms with E-state index < -0.39 is 21.7 Å². The second-order valence-corrected chi connectivity index (χ2v) is 9.14. The maximum atomic E-state index is 13.1. The summed E-state index contributed by atoms with van der Waals surface area (Å²) >= 11 is 1.18. The topological polar surface area (TPSA) is 88.2 Å². The van der Waals surface area contributed by atoms with Crippen molar-refractivity contribution in [1.82, 2.24) is 4.98 Å². The van der Waals surface area contributed by atoms with Crippen molar-refractivity contribution < 1.29 is 22.0 Å². The predicted octanol–water partition coefficient (Wildman–Crippen LogP) is 5.14. The number of hydrogen-bond donors (Lipinski definition) is 2. The van der Waals surface area contributed by atoms with Gasteiger partial charge in [0.1, 0.15) is 11.6 Å². The van der Waals surface area contributed by atoms with Crippen LogP contribution in [-0.4, -0.2) is 19.3 Å². The molecule has 0 radical (unpaired) electrons. The third-order valence-corrected chi connectivity index (χ3v) is 6.54. The van der Waals surface area contributed by atoms with Crippen LogP contribution in [0.15, 0.2) is 83.1 Å². The van der Waals surface area contributed by atoms with Gasteiger partial charge in [-0.1, -0.05) is 12.1 Å². The number of rotatable bonds is 6. The number of benzene rings is 3. The van der Waals surface area contributed by atoms with Crippen molar-refractivity contribution in [3.8, 4) is 11.3 Å². The highest BCUT2D eigenvalue weighted by atomic mass is 32.2. The lowest BCUT2D eigenvalue weighted by atomic mass is 10.2. The molecule has 0 saturated heterocycles. The molecule has 1 amide bonds. The van der Waals surface area contributed by atoms with Crippen LogP contribution in [0.3, 0.4) is 0 Å². The predicted molar refractivity (Wildman–Crippen MR) is 119 cm³/mol. The average Bonchev–Trinajstić information content (AvgIpc) is 3.23. The maximum absolute atomic E-state index is 13.1. The number of aromatic nitrogens is 1. The van der Waals surface area contributed by atoms with Gasteiger partial charge in [0.05, 0.1) is 21.8 Å². The minimum absolute atomic E-state index is 0.0599. The van der Waals surface area contributed by atoms with Crippen molar-refractivity contribution in [3.63, 3.8) is 0 Å². The Labute approximate surface area is 186 Å². The van der Waals surface area contributed by atoms with E-state index in [2.05, 4.69) is 15.0 Å². The summed E-state index contributed by atoms with van der Waals surface area (Å²) in [5, 5.41) is 4.65. The van der Waals surface area contributed by atoms with Crippen molar-refractivity contribution in [2.45, 2.75) is 4.90 Å². The Morgan fingerprint density at radius 2 is 1.50 bits per heavy atom. The van der Waals surface area contributed by atoms with Crippen LogP contribution < -0.4 is 10.0 Å². The lowest BCUT2D eigenvalue weighted by Crippen LogP contribution is -2.18. The highest BCUT2D eigenvalue weighted by Gasteiger charge is 2.19. The molecule has 0 saturated carbocycles. The Morgan fingerprint density at radius 1 is 0.875 bits per heavy atom. The number of para-hydroxylation sites is 1. The lowest BCUT2D eigenvalue weighted by Gasteiger charge is -2.12. The van der Waals surface area contributed by atoms with Crippen molar-refractivity contribution in [3.05, 3.63) is 95.4 Å². The van der Waals surface area contributed by atoms with Crippen LogP contribution in [-0.2, 0) is 10.0 Å². The first-order valence-corrected chi connectivity index (χ1v) is 11.6. The normalized spacial score (nSPS) is 11.2. The fourth-order valence-corrected chi connectivity index (χ4v) is 4.63. The van der Waals surface area contributed by atoms with E-state index in [1.165, 1.54) is 35.6 Å². The van der Waals surface area contributed by atoms with E-state index in [0.717, 1.165) is 24.3 Å². The maximum Gasteiger partial charge on any atom is 0.261 e. The summed E-state index contributed by atoms with van der Waals surface area (Å²) in [7, 11) is -4.03. The summed E-state index contributed by atoms with van der Waals surface area (Å²) in [6, 6.07) is 16.2. The van der Waals surface area contributed by atoms with Gasteiger partial charge in [0.2, 0.25) is 0 Å². The molecule has 0 atom stereocenters. The molecule has 3 aromatic carbocycles. The Kier molecular flexibility index (Phi) is 5.97. The number of halogens is 2. The lowest BCUT2D eigenvalue weighted by molar-refractivity contribution is 0.102. The fourth-order valence-electron chi connectivity index (χ4n) is 2.84. The standard InChI is InChI=1S/C22H15F2N3O3S2/c23-15-7-5-14(6-8-15)20-13-31-22(25-20)26-21(28)18-3-1-2-4-19(18)27-32(29,30)17-11-9-16(24)10-12-17/h1-13,27H,(H,25,26,28). The molecule has 0 spiro atoms. The van der Waals surface area contributed by atoms with Crippen LogP contribution in [0.5, 0.6) is 0 Å². The quantitative estimate of drug-likeness (QED) is 0.408. The van der Waals surface area contributed by atoms with Gasteiger partial charge in [0.25, 0.3) is 15.9 Å². The Morgan fingerprint density at radius 3 is 2.19 bits per heavy atom. The van der Waals surface area contributed by atoms with E-state index in [1.54, 1.807) is 29.6 Å². The van der Waals surface area contributed by atoms with E-state index >= 15 is 0 Å². The van der Waals surface area contributed by atoms with Gasteiger partial charge in [-0.25, -0.2) is 22.2 Å². The van der Waals surface area contributed by atoms with E-state index in [9.17, 15) is 22.0 Å². The van der Waals surface area contributed by atoms with Crippen LogP contribution in [0.4, 0.5) is 19.6 Å². The number of thiazole rings is 1. The second-order valence-electron chi connectivity index (χ2n) is 6.60. The summed E-state index contributed by atoms with van der Waals surface area (Å²) in [5.41, 5.74) is 1.40. The molecule has 1 heterocycles. The highest BCUT2D eigenvalue weighted by molar-refractivity contribution is 7.92. The third kappa shape index (κ3) is 4.82. The van der Waals surface area contributed by atoms with E-state index in [4.69, 9.17) is 0 Å². The summed E-state index contributed by atoms with van der Waals surface area (Å²) < 4.78 is 53.8. The van der Waals surface area contributed by atoms with E-state index in [0.29, 0.717) is 16.4 Å². The van der Waals surface area contributed by atoms with Crippen molar-refractivity contribution >= 4 is 38.1 Å². The molecule has 10 heteroatoms. The van der Waals surface area contributed by atoms with Crippen LogP contribution in [0.25, 0.3) is 11.3 Å². The molecule has 1 aromatic heterocycles. The molecule has 0 aliphatic carbocycles. The summed E-state index contributed by atoms with van der Waals surface area (Å²) in [4.78, 5) is 17.0. The van der Waals surface area contributed by atoms with Crippen LogP contribution in [0.2, 0.25) is 0 Å². The zero-order valence-corrected chi connectivity index (χ0v) is 17.9. The minimum atomic E-state index is -4.03. The Bertz CT molecular complexity index is 1370. The van der Waals surface area contributed by atoms with Crippen molar-refractivity contribution in [2.75, 3.05) is 10.0 Å². The average molecular weight is 472 g/mol. The molecule has 162 valence electrons. The van der Waals surface area contributed by atoms with Gasteiger partial charge < -0.3 is 0 Å². The number of amides is 1. The number of nitrogens with zero attached hydrogens (tertiary/aromatic N) is 1. The largest absolute Gasteiger partial charge is 0.298 e. The van der Waals surface area contributed by atoms with Gasteiger partial charge in [-0.2, -0.15) is 0 Å².